The van der Waals surface area contributed by atoms with E-state index in [2.05, 4.69) is 36.4 Å². The van der Waals surface area contributed by atoms with Crippen LogP contribution < -0.4 is 10.1 Å². The van der Waals surface area contributed by atoms with E-state index in [1.165, 1.54) is 6.33 Å². The molecule has 0 spiro atoms. The minimum absolute atomic E-state index is 0.0913. The molecule has 0 saturated carbocycles. The van der Waals surface area contributed by atoms with E-state index in [9.17, 15) is 4.79 Å². The summed E-state index contributed by atoms with van der Waals surface area (Å²) in [7, 11) is 0. The summed E-state index contributed by atoms with van der Waals surface area (Å²) in [6.45, 7) is 0.675. The fourth-order valence-electron chi connectivity index (χ4n) is 1.41. The summed E-state index contributed by atoms with van der Waals surface area (Å²) in [6.07, 6.45) is 1.69. The Hall–Kier alpha value is -1.89. The lowest BCUT2D eigenvalue weighted by Gasteiger charge is -2.06. The Kier molecular flexibility index (Phi) is 4.91. The van der Waals surface area contributed by atoms with Gasteiger partial charge in [0.1, 0.15) is 17.9 Å². The minimum atomic E-state index is -0.0913. The van der Waals surface area contributed by atoms with Crippen molar-refractivity contribution in [1.29, 1.82) is 0 Å². The molecule has 100 valence electrons. The second kappa shape index (κ2) is 6.89. The zero-order valence-electron chi connectivity index (χ0n) is 10.1. The molecule has 19 heavy (non-hydrogen) atoms. The summed E-state index contributed by atoms with van der Waals surface area (Å²) < 4.78 is 6.41. The lowest BCUT2D eigenvalue weighted by Crippen LogP contribution is -2.24. The molecule has 2 N–H and O–H groups in total. The highest BCUT2D eigenvalue weighted by molar-refractivity contribution is 9.10. The lowest BCUT2D eigenvalue weighted by molar-refractivity contribution is -0.121. The molecule has 0 atom stereocenters. The van der Waals surface area contributed by atoms with Crippen LogP contribution in [0.3, 0.4) is 0 Å². The molecule has 2 aromatic rings. The summed E-state index contributed by atoms with van der Waals surface area (Å²) in [5.41, 5.74) is 0. The third-order valence-corrected chi connectivity index (χ3v) is 2.81. The Bertz CT molecular complexity index is 530. The third kappa shape index (κ3) is 4.70. The SMILES string of the molecule is O=C(CCOc1cccc(Br)c1)NCc1ncn[nH]1. The standard InChI is InChI=1S/C12H13BrN4O2/c13-9-2-1-3-10(6-9)19-5-4-12(18)14-7-11-15-8-16-17-11/h1-3,6,8H,4-5,7H2,(H,14,18)(H,15,16,17). The van der Waals surface area contributed by atoms with Crippen molar-refractivity contribution in [2.45, 2.75) is 13.0 Å². The summed E-state index contributed by atoms with van der Waals surface area (Å²) in [4.78, 5) is 15.4. The average Bonchev–Trinajstić information content (AvgIpc) is 2.89. The normalized spacial score (nSPS) is 10.2. The first-order valence-corrected chi connectivity index (χ1v) is 6.52. The number of amides is 1. The summed E-state index contributed by atoms with van der Waals surface area (Å²) in [6, 6.07) is 7.49. The van der Waals surface area contributed by atoms with E-state index in [1.54, 1.807) is 0 Å². The van der Waals surface area contributed by atoms with Crippen LogP contribution in [-0.4, -0.2) is 27.7 Å². The van der Waals surface area contributed by atoms with Gasteiger partial charge in [-0.15, -0.1) is 0 Å². The number of hydrogen-bond donors (Lipinski definition) is 2. The van der Waals surface area contributed by atoms with E-state index in [0.717, 1.165) is 10.2 Å². The molecule has 1 heterocycles. The van der Waals surface area contributed by atoms with Gasteiger partial charge in [0, 0.05) is 4.47 Å². The molecule has 1 aromatic carbocycles. The Balaban J connectivity index is 1.66. The first kappa shape index (κ1) is 13.5. The van der Waals surface area contributed by atoms with E-state index < -0.39 is 0 Å². The number of hydrogen-bond acceptors (Lipinski definition) is 4. The van der Waals surface area contributed by atoms with Gasteiger partial charge in [-0.25, -0.2) is 4.98 Å². The van der Waals surface area contributed by atoms with Crippen LogP contribution in [0.4, 0.5) is 0 Å². The quantitative estimate of drug-likeness (QED) is 0.846. The average molecular weight is 325 g/mol. The Morgan fingerprint density at radius 3 is 3.11 bits per heavy atom. The van der Waals surface area contributed by atoms with Crippen LogP contribution in [0.2, 0.25) is 0 Å². The van der Waals surface area contributed by atoms with Crippen molar-refractivity contribution in [3.8, 4) is 5.75 Å². The lowest BCUT2D eigenvalue weighted by atomic mass is 10.3. The zero-order valence-corrected chi connectivity index (χ0v) is 11.7. The van der Waals surface area contributed by atoms with Gasteiger partial charge < -0.3 is 10.1 Å². The monoisotopic (exact) mass is 324 g/mol. The van der Waals surface area contributed by atoms with E-state index in [1.807, 2.05) is 24.3 Å². The molecule has 0 unspecified atom stereocenters. The number of ether oxygens (including phenoxy) is 1. The van der Waals surface area contributed by atoms with Crippen LogP contribution >= 0.6 is 15.9 Å². The highest BCUT2D eigenvalue weighted by Gasteiger charge is 2.03. The molecule has 0 aliphatic carbocycles. The molecular formula is C12H13BrN4O2. The van der Waals surface area contributed by atoms with Crippen molar-refractivity contribution in [2.75, 3.05) is 6.61 Å². The van der Waals surface area contributed by atoms with Crippen LogP contribution in [0.15, 0.2) is 35.1 Å². The van der Waals surface area contributed by atoms with Gasteiger partial charge in [-0.1, -0.05) is 22.0 Å². The van der Waals surface area contributed by atoms with Gasteiger partial charge in [0.05, 0.1) is 19.6 Å². The van der Waals surface area contributed by atoms with Crippen molar-refractivity contribution < 1.29 is 9.53 Å². The van der Waals surface area contributed by atoms with Crippen LogP contribution in [0.25, 0.3) is 0 Å². The number of benzene rings is 1. The van der Waals surface area contributed by atoms with Crippen LogP contribution in [0.1, 0.15) is 12.2 Å². The van der Waals surface area contributed by atoms with E-state index >= 15 is 0 Å². The van der Waals surface area contributed by atoms with Crippen molar-refractivity contribution >= 4 is 21.8 Å². The first-order chi connectivity index (χ1) is 9.24. The molecule has 0 bridgehead atoms. The number of rotatable bonds is 6. The van der Waals surface area contributed by atoms with E-state index in [-0.39, 0.29) is 5.91 Å². The highest BCUT2D eigenvalue weighted by Crippen LogP contribution is 2.17. The van der Waals surface area contributed by atoms with Gasteiger partial charge >= 0.3 is 0 Å². The molecular weight excluding hydrogens is 312 g/mol. The van der Waals surface area contributed by atoms with Crippen molar-refractivity contribution in [2.24, 2.45) is 0 Å². The first-order valence-electron chi connectivity index (χ1n) is 5.73. The maximum atomic E-state index is 11.5. The van der Waals surface area contributed by atoms with Crippen LogP contribution in [0, 0.1) is 0 Å². The van der Waals surface area contributed by atoms with E-state index in [4.69, 9.17) is 4.74 Å². The van der Waals surface area contributed by atoms with Gasteiger partial charge in [0.2, 0.25) is 5.91 Å². The van der Waals surface area contributed by atoms with Gasteiger partial charge in [0.15, 0.2) is 0 Å². The smallest absolute Gasteiger partial charge is 0.223 e. The molecule has 0 fully saturated rings. The Morgan fingerprint density at radius 1 is 1.47 bits per heavy atom. The minimum Gasteiger partial charge on any atom is -0.493 e. The van der Waals surface area contributed by atoms with Crippen LogP contribution in [0.5, 0.6) is 5.75 Å². The molecule has 0 radical (unpaired) electrons. The van der Waals surface area contributed by atoms with Gasteiger partial charge in [0.25, 0.3) is 0 Å². The molecule has 6 nitrogen and oxygen atoms in total. The van der Waals surface area contributed by atoms with Crippen molar-refractivity contribution in [3.63, 3.8) is 0 Å². The summed E-state index contributed by atoms with van der Waals surface area (Å²) in [5, 5.41) is 9.08. The molecule has 0 aliphatic rings. The second-order valence-electron chi connectivity index (χ2n) is 3.76. The van der Waals surface area contributed by atoms with Crippen molar-refractivity contribution in [3.05, 3.63) is 40.9 Å². The summed E-state index contributed by atoms with van der Waals surface area (Å²) >= 11 is 3.35. The molecule has 0 saturated heterocycles. The van der Waals surface area contributed by atoms with Gasteiger partial charge in [-0.05, 0) is 18.2 Å². The maximum Gasteiger partial charge on any atom is 0.223 e. The molecule has 2 rings (SSSR count). The Labute approximate surface area is 118 Å². The molecule has 0 aliphatic heterocycles. The predicted molar refractivity (Wildman–Crippen MR) is 72.5 cm³/mol. The largest absolute Gasteiger partial charge is 0.493 e. The van der Waals surface area contributed by atoms with Gasteiger partial charge in [-0.2, -0.15) is 5.10 Å². The number of nitrogens with one attached hydrogen (secondary N) is 2. The molecule has 7 heteroatoms. The zero-order chi connectivity index (χ0) is 13.5. The maximum absolute atomic E-state index is 11.5. The van der Waals surface area contributed by atoms with E-state index in [0.29, 0.717) is 25.4 Å². The Morgan fingerprint density at radius 2 is 2.37 bits per heavy atom. The fourth-order valence-corrected chi connectivity index (χ4v) is 1.78. The van der Waals surface area contributed by atoms with Gasteiger partial charge in [-0.3, -0.25) is 9.89 Å². The third-order valence-electron chi connectivity index (χ3n) is 2.31. The summed E-state index contributed by atoms with van der Waals surface area (Å²) in [5.74, 6) is 1.27. The number of carbonyl (C=O) groups is 1. The number of aromatic amines is 1. The number of H-pyrrole nitrogens is 1. The highest BCUT2D eigenvalue weighted by atomic mass is 79.9. The van der Waals surface area contributed by atoms with Crippen molar-refractivity contribution in [1.82, 2.24) is 20.5 Å². The number of aromatic nitrogens is 3. The number of halogens is 1. The topological polar surface area (TPSA) is 79.9 Å². The second-order valence-corrected chi connectivity index (χ2v) is 4.68. The number of nitrogens with zero attached hydrogens (tertiary/aromatic N) is 2. The molecule has 1 amide bonds. The van der Waals surface area contributed by atoms with Crippen LogP contribution in [-0.2, 0) is 11.3 Å². The number of carbonyl (C=O) groups excluding carboxylic acids is 1. The fraction of sp³-hybridized carbons (Fsp3) is 0.250. The molecule has 1 aromatic heterocycles. The predicted octanol–water partition coefficient (Wildman–Crippen LogP) is 1.65.